The summed E-state index contributed by atoms with van der Waals surface area (Å²) in [6, 6.07) is 0. The lowest BCUT2D eigenvalue weighted by molar-refractivity contribution is 0.187. The summed E-state index contributed by atoms with van der Waals surface area (Å²) in [5.74, 6) is 0. The zero-order valence-corrected chi connectivity index (χ0v) is 6.18. The maximum absolute atomic E-state index is 10.3. The second-order valence-electron chi connectivity index (χ2n) is 0.848. The summed E-state index contributed by atoms with van der Waals surface area (Å²) < 4.78 is 4.47. The normalized spacial score (nSPS) is 8.75. The molecule has 0 aromatic heterocycles. The van der Waals surface area contributed by atoms with E-state index >= 15 is 0 Å². The molecule has 2 nitrogen and oxygen atoms in total. The molecule has 0 amide bonds. The summed E-state index contributed by atoms with van der Waals surface area (Å²) in [7, 11) is 2.44. The minimum atomic E-state index is -0.271. The van der Waals surface area contributed by atoms with Crippen molar-refractivity contribution in [2.45, 2.75) is 0 Å². The van der Waals surface area contributed by atoms with E-state index in [0.29, 0.717) is 0 Å². The Bertz CT molecular complexity index is 66.4. The van der Waals surface area contributed by atoms with E-state index in [1.54, 1.807) is 0 Å². The summed E-state index contributed by atoms with van der Waals surface area (Å²) in [5, 5.41) is -0.271. The van der Waals surface area contributed by atoms with Crippen molar-refractivity contribution >= 4 is 26.9 Å². The molecule has 0 aromatic carbocycles. The van der Waals surface area contributed by atoms with Crippen molar-refractivity contribution in [3.8, 4) is 0 Å². The van der Waals surface area contributed by atoms with Gasteiger partial charge in [0.1, 0.15) is 0 Å². The van der Waals surface area contributed by atoms with Crippen LogP contribution in [-0.2, 0) is 4.74 Å². The molecule has 0 heterocycles. The van der Waals surface area contributed by atoms with Crippen LogP contribution in [-0.4, -0.2) is 18.2 Å². The van der Waals surface area contributed by atoms with E-state index in [9.17, 15) is 4.79 Å². The van der Waals surface area contributed by atoms with E-state index in [-0.39, 0.29) is 11.9 Å². The molecule has 4 heteroatoms. The number of carbonyl (C=O) groups is 1. The Morgan fingerprint density at radius 1 is 1.88 bits per heavy atom. The number of carbonyl (C=O) groups excluding carboxylic acids is 1. The van der Waals surface area contributed by atoms with Crippen molar-refractivity contribution in [1.29, 1.82) is 0 Å². The Labute approximate surface area is 56.8 Å². The molecule has 0 rings (SSSR count). The van der Waals surface area contributed by atoms with Crippen molar-refractivity contribution in [3.05, 3.63) is 6.92 Å². The lowest BCUT2D eigenvalue weighted by atomic mass is 10.9. The second kappa shape index (κ2) is 5.31. The van der Waals surface area contributed by atoms with Crippen molar-refractivity contribution in [3.63, 3.8) is 0 Å². The van der Waals surface area contributed by atoms with Crippen LogP contribution >= 0.6 is 21.6 Å². The second-order valence-corrected chi connectivity index (χ2v) is 3.18. The molecule has 0 atom stereocenters. The molecule has 0 aromatic rings. The van der Waals surface area contributed by atoms with E-state index in [2.05, 4.69) is 11.7 Å². The number of hydrogen-bond donors (Lipinski definition) is 0. The smallest absolute Gasteiger partial charge is 0.378 e. The summed E-state index contributed by atoms with van der Waals surface area (Å²) in [6.07, 6.45) is 1.81. The molecule has 0 bridgehead atoms. The van der Waals surface area contributed by atoms with Crippen molar-refractivity contribution in [2.24, 2.45) is 0 Å². The first-order valence-corrected chi connectivity index (χ1v) is 4.53. The quantitative estimate of drug-likeness (QED) is 0.445. The van der Waals surface area contributed by atoms with Gasteiger partial charge in [-0.05, 0) is 13.2 Å². The van der Waals surface area contributed by atoms with Gasteiger partial charge in [0.25, 0.3) is 0 Å². The molecule has 0 N–H and O–H groups in total. The number of rotatable bonds is 2. The Morgan fingerprint density at radius 2 is 2.50 bits per heavy atom. The van der Waals surface area contributed by atoms with Crippen molar-refractivity contribution in [2.75, 3.05) is 12.9 Å². The third-order valence-corrected chi connectivity index (χ3v) is 1.70. The van der Waals surface area contributed by atoms with E-state index in [1.165, 1.54) is 10.8 Å². The van der Waals surface area contributed by atoms with Gasteiger partial charge in [-0.15, -0.1) is 0 Å². The van der Waals surface area contributed by atoms with Gasteiger partial charge in [-0.1, -0.05) is 10.8 Å². The summed E-state index contributed by atoms with van der Waals surface area (Å²) in [6.45, 7) is 3.56. The van der Waals surface area contributed by atoms with E-state index in [0.717, 1.165) is 10.8 Å². The fourth-order valence-electron chi connectivity index (χ4n) is 0.175. The first kappa shape index (κ1) is 8.17. The fraction of sp³-hybridized carbons (Fsp3) is 0.500. The van der Waals surface area contributed by atoms with Gasteiger partial charge in [0.05, 0.1) is 6.61 Å². The molecule has 0 saturated carbocycles. The Morgan fingerprint density at radius 3 is 2.88 bits per heavy atom. The molecule has 0 aliphatic carbocycles. The van der Waals surface area contributed by atoms with Crippen molar-refractivity contribution < 1.29 is 9.53 Å². The SMILES string of the molecule is [CH2]COC(=O)SSC. The van der Waals surface area contributed by atoms with Gasteiger partial charge in [-0.3, -0.25) is 0 Å². The van der Waals surface area contributed by atoms with Crippen LogP contribution in [0.3, 0.4) is 0 Å². The van der Waals surface area contributed by atoms with Gasteiger partial charge in [-0.25, -0.2) is 4.79 Å². The fourth-order valence-corrected chi connectivity index (χ4v) is 0.996. The number of hydrogen-bond acceptors (Lipinski definition) is 4. The lowest BCUT2D eigenvalue weighted by Gasteiger charge is -1.94. The third kappa shape index (κ3) is 4.33. The van der Waals surface area contributed by atoms with Crippen LogP contribution < -0.4 is 0 Å². The van der Waals surface area contributed by atoms with Crippen LogP contribution in [0.2, 0.25) is 0 Å². The summed E-state index contributed by atoms with van der Waals surface area (Å²) in [5.41, 5.74) is 0. The maximum Gasteiger partial charge on any atom is 0.378 e. The molecule has 0 fully saturated rings. The van der Waals surface area contributed by atoms with Gasteiger partial charge in [0.15, 0.2) is 0 Å². The Balaban J connectivity index is 3.06. The standard InChI is InChI=1S/C4H7O2S2/c1-3-6-4(5)8-7-2/h1,3H2,2H3. The predicted octanol–water partition coefficient (Wildman–Crippen LogP) is 1.97. The van der Waals surface area contributed by atoms with Crippen LogP contribution in [0.5, 0.6) is 0 Å². The molecule has 0 aliphatic heterocycles. The molecule has 0 aliphatic rings. The first-order valence-electron chi connectivity index (χ1n) is 1.98. The van der Waals surface area contributed by atoms with E-state index in [4.69, 9.17) is 0 Å². The molecule has 47 valence electrons. The molecule has 0 spiro atoms. The molecule has 0 saturated heterocycles. The monoisotopic (exact) mass is 151 g/mol. The Kier molecular flexibility index (Phi) is 5.42. The van der Waals surface area contributed by atoms with Crippen LogP contribution in [0.4, 0.5) is 4.79 Å². The highest BCUT2D eigenvalue weighted by Gasteiger charge is 1.97. The average Bonchev–Trinajstić information content (AvgIpc) is 1.68. The van der Waals surface area contributed by atoms with Crippen molar-refractivity contribution in [1.82, 2.24) is 0 Å². The molecule has 1 radical (unpaired) electrons. The molecule has 0 unspecified atom stereocenters. The third-order valence-electron chi connectivity index (χ3n) is 0.371. The zero-order chi connectivity index (χ0) is 6.41. The average molecular weight is 151 g/mol. The van der Waals surface area contributed by atoms with Crippen LogP contribution in [0, 0.1) is 6.92 Å². The van der Waals surface area contributed by atoms with Gasteiger partial charge in [-0.2, -0.15) is 0 Å². The highest BCUT2D eigenvalue weighted by atomic mass is 33.1. The summed E-state index contributed by atoms with van der Waals surface area (Å²) in [4.78, 5) is 10.3. The minimum absolute atomic E-state index is 0.215. The molecule has 8 heavy (non-hydrogen) atoms. The predicted molar refractivity (Wildman–Crippen MR) is 37.8 cm³/mol. The van der Waals surface area contributed by atoms with Gasteiger partial charge < -0.3 is 4.74 Å². The van der Waals surface area contributed by atoms with Gasteiger partial charge in [0.2, 0.25) is 0 Å². The Hall–Kier alpha value is 0.170. The lowest BCUT2D eigenvalue weighted by Crippen LogP contribution is -1.93. The van der Waals surface area contributed by atoms with Crippen LogP contribution in [0.1, 0.15) is 0 Å². The largest absolute Gasteiger partial charge is 0.457 e. The highest BCUT2D eigenvalue weighted by molar-refractivity contribution is 8.81. The topological polar surface area (TPSA) is 26.3 Å². The van der Waals surface area contributed by atoms with E-state index in [1.807, 2.05) is 6.26 Å². The highest BCUT2D eigenvalue weighted by Crippen LogP contribution is 2.18. The van der Waals surface area contributed by atoms with Gasteiger partial charge in [0, 0.05) is 10.8 Å². The minimum Gasteiger partial charge on any atom is -0.457 e. The number of ether oxygens (including phenoxy) is 1. The maximum atomic E-state index is 10.3. The van der Waals surface area contributed by atoms with Crippen LogP contribution in [0.25, 0.3) is 0 Å². The van der Waals surface area contributed by atoms with Gasteiger partial charge >= 0.3 is 5.30 Å². The molecular formula is C4H7O2S2. The zero-order valence-electron chi connectivity index (χ0n) is 4.55. The van der Waals surface area contributed by atoms with E-state index < -0.39 is 0 Å². The summed E-state index contributed by atoms with van der Waals surface area (Å²) >= 11 is 0. The first-order chi connectivity index (χ1) is 3.81. The molecular weight excluding hydrogens is 144 g/mol. The van der Waals surface area contributed by atoms with Crippen LogP contribution in [0.15, 0.2) is 0 Å².